The average molecular weight is 557 g/mol. The first kappa shape index (κ1) is 27.1. The molecule has 1 fully saturated rings. The molecule has 0 spiro atoms. The van der Waals surface area contributed by atoms with Gasteiger partial charge in [0, 0.05) is 5.02 Å². The third-order valence-corrected chi connectivity index (χ3v) is 7.25. The Balaban J connectivity index is 1.37. The number of rotatable bonds is 9. The zero-order valence-corrected chi connectivity index (χ0v) is 23.1. The van der Waals surface area contributed by atoms with Crippen molar-refractivity contribution in [3.63, 3.8) is 0 Å². The second-order valence-electron chi connectivity index (χ2n) is 8.98. The molecule has 4 rings (SSSR count). The summed E-state index contributed by atoms with van der Waals surface area (Å²) in [4.78, 5) is 27.0. The molecule has 37 heavy (non-hydrogen) atoms. The van der Waals surface area contributed by atoms with Crippen LogP contribution in [0.3, 0.4) is 0 Å². The smallest absolute Gasteiger partial charge is 0.293 e. The minimum absolute atomic E-state index is 0.172. The van der Waals surface area contributed by atoms with Gasteiger partial charge in [0.15, 0.2) is 0 Å². The summed E-state index contributed by atoms with van der Waals surface area (Å²) in [5.74, 6) is 1.27. The maximum atomic E-state index is 12.9. The standard InChI is InChI=1S/C29H27Cl2NO4S/c1-18(2)23-10-4-19(3)14-26(23)35-13-12-32-28(33)27(37-29(32)34)16-21-7-11-25(24(31)15-21)36-17-20-5-8-22(30)9-6-20/h4-11,14-16,18H,12-13,17H2,1-3H3/b27-16-. The van der Waals surface area contributed by atoms with Crippen LogP contribution in [0.5, 0.6) is 11.5 Å². The van der Waals surface area contributed by atoms with E-state index in [-0.39, 0.29) is 24.3 Å². The topological polar surface area (TPSA) is 55.8 Å². The van der Waals surface area contributed by atoms with Crippen molar-refractivity contribution in [1.29, 1.82) is 0 Å². The zero-order valence-electron chi connectivity index (χ0n) is 20.8. The van der Waals surface area contributed by atoms with Crippen LogP contribution in [0.25, 0.3) is 6.08 Å². The normalized spacial score (nSPS) is 14.6. The molecule has 1 saturated heterocycles. The number of imide groups is 1. The number of carbonyl (C=O) groups is 2. The first-order valence-corrected chi connectivity index (χ1v) is 13.4. The molecule has 0 unspecified atom stereocenters. The van der Waals surface area contributed by atoms with Crippen LogP contribution in [-0.4, -0.2) is 29.2 Å². The minimum atomic E-state index is -0.342. The van der Waals surface area contributed by atoms with E-state index in [1.807, 2.05) is 31.2 Å². The number of hydrogen-bond donors (Lipinski definition) is 0. The van der Waals surface area contributed by atoms with Gasteiger partial charge in [0.2, 0.25) is 0 Å². The van der Waals surface area contributed by atoms with E-state index in [0.29, 0.717) is 38.8 Å². The number of amides is 2. The summed E-state index contributed by atoms with van der Waals surface area (Å²) >= 11 is 13.2. The van der Waals surface area contributed by atoms with E-state index in [0.717, 1.165) is 34.2 Å². The highest BCUT2D eigenvalue weighted by Crippen LogP contribution is 2.34. The van der Waals surface area contributed by atoms with Crippen molar-refractivity contribution < 1.29 is 19.1 Å². The van der Waals surface area contributed by atoms with E-state index in [9.17, 15) is 9.59 Å². The Morgan fingerprint density at radius 3 is 2.41 bits per heavy atom. The van der Waals surface area contributed by atoms with Gasteiger partial charge in [-0.05, 0) is 83.3 Å². The second kappa shape index (κ2) is 12.1. The summed E-state index contributed by atoms with van der Waals surface area (Å²) in [5, 5.41) is 0.756. The molecule has 1 aliphatic heterocycles. The minimum Gasteiger partial charge on any atom is -0.491 e. The molecular weight excluding hydrogens is 529 g/mol. The van der Waals surface area contributed by atoms with Gasteiger partial charge in [-0.25, -0.2) is 0 Å². The highest BCUT2D eigenvalue weighted by atomic mass is 35.5. The number of benzene rings is 3. The Morgan fingerprint density at radius 2 is 1.70 bits per heavy atom. The molecule has 0 aliphatic carbocycles. The highest BCUT2D eigenvalue weighted by molar-refractivity contribution is 8.18. The molecule has 8 heteroatoms. The van der Waals surface area contributed by atoms with Gasteiger partial charge >= 0.3 is 0 Å². The van der Waals surface area contributed by atoms with E-state index in [4.69, 9.17) is 32.7 Å². The quantitative estimate of drug-likeness (QED) is 0.249. The molecular formula is C29H27Cl2NO4S. The molecule has 192 valence electrons. The van der Waals surface area contributed by atoms with Gasteiger partial charge in [0.25, 0.3) is 11.1 Å². The lowest BCUT2D eigenvalue weighted by Gasteiger charge is -2.17. The van der Waals surface area contributed by atoms with E-state index in [1.165, 1.54) is 4.90 Å². The number of ether oxygens (including phenoxy) is 2. The Morgan fingerprint density at radius 1 is 0.946 bits per heavy atom. The van der Waals surface area contributed by atoms with Gasteiger partial charge in [0.1, 0.15) is 24.7 Å². The van der Waals surface area contributed by atoms with Crippen molar-refractivity contribution >= 4 is 52.2 Å². The number of nitrogens with zero attached hydrogens (tertiary/aromatic N) is 1. The molecule has 1 heterocycles. The number of hydrogen-bond acceptors (Lipinski definition) is 5. The number of thioether (sulfide) groups is 1. The van der Waals surface area contributed by atoms with Crippen LogP contribution in [0.4, 0.5) is 4.79 Å². The van der Waals surface area contributed by atoms with Crippen molar-refractivity contribution in [2.24, 2.45) is 0 Å². The average Bonchev–Trinajstić information content (AvgIpc) is 3.11. The summed E-state index contributed by atoms with van der Waals surface area (Å²) in [6.07, 6.45) is 1.66. The van der Waals surface area contributed by atoms with Crippen LogP contribution >= 0.6 is 35.0 Å². The maximum Gasteiger partial charge on any atom is 0.293 e. The lowest BCUT2D eigenvalue weighted by Crippen LogP contribution is -2.32. The predicted molar refractivity (Wildman–Crippen MR) is 151 cm³/mol. The van der Waals surface area contributed by atoms with E-state index in [1.54, 1.807) is 36.4 Å². The number of halogens is 2. The first-order chi connectivity index (χ1) is 17.7. The fourth-order valence-corrected chi connectivity index (χ4v) is 5.03. The van der Waals surface area contributed by atoms with Crippen LogP contribution in [0.1, 0.15) is 42.0 Å². The van der Waals surface area contributed by atoms with Crippen molar-refractivity contribution in [1.82, 2.24) is 4.90 Å². The van der Waals surface area contributed by atoms with Crippen molar-refractivity contribution in [3.8, 4) is 11.5 Å². The summed E-state index contributed by atoms with van der Waals surface area (Å²) < 4.78 is 11.8. The van der Waals surface area contributed by atoms with Crippen LogP contribution in [-0.2, 0) is 11.4 Å². The van der Waals surface area contributed by atoms with Gasteiger partial charge in [-0.3, -0.25) is 14.5 Å². The largest absolute Gasteiger partial charge is 0.491 e. The van der Waals surface area contributed by atoms with Crippen LogP contribution in [0.2, 0.25) is 10.0 Å². The molecule has 0 aromatic heterocycles. The molecule has 0 bridgehead atoms. The van der Waals surface area contributed by atoms with Crippen LogP contribution < -0.4 is 9.47 Å². The van der Waals surface area contributed by atoms with Gasteiger partial charge in [0.05, 0.1) is 16.5 Å². The molecule has 3 aromatic carbocycles. The third-order valence-electron chi connectivity index (χ3n) is 5.80. The Kier molecular flexibility index (Phi) is 8.85. The number of aryl methyl sites for hydroxylation is 1. The molecule has 1 aliphatic rings. The van der Waals surface area contributed by atoms with Gasteiger partial charge in [-0.1, -0.05) is 67.4 Å². The summed E-state index contributed by atoms with van der Waals surface area (Å²) in [7, 11) is 0. The predicted octanol–water partition coefficient (Wildman–Crippen LogP) is 8.12. The molecule has 0 saturated carbocycles. The van der Waals surface area contributed by atoms with Crippen LogP contribution in [0.15, 0.2) is 65.6 Å². The van der Waals surface area contributed by atoms with E-state index >= 15 is 0 Å². The Bertz CT molecular complexity index is 1340. The monoisotopic (exact) mass is 555 g/mol. The Labute approximate surface area is 231 Å². The summed E-state index contributed by atoms with van der Waals surface area (Å²) in [6.45, 7) is 6.94. The van der Waals surface area contributed by atoms with Crippen molar-refractivity contribution in [3.05, 3.63) is 97.9 Å². The molecule has 2 amide bonds. The first-order valence-electron chi connectivity index (χ1n) is 11.9. The molecule has 5 nitrogen and oxygen atoms in total. The van der Waals surface area contributed by atoms with Gasteiger partial charge < -0.3 is 9.47 Å². The lowest BCUT2D eigenvalue weighted by molar-refractivity contribution is -0.123. The van der Waals surface area contributed by atoms with Crippen LogP contribution in [0, 0.1) is 6.92 Å². The fourth-order valence-electron chi connectivity index (χ4n) is 3.80. The maximum absolute atomic E-state index is 12.9. The molecule has 0 radical (unpaired) electrons. The van der Waals surface area contributed by atoms with Crippen molar-refractivity contribution in [2.75, 3.05) is 13.2 Å². The van der Waals surface area contributed by atoms with Gasteiger partial charge in [-0.15, -0.1) is 0 Å². The summed E-state index contributed by atoms with van der Waals surface area (Å²) in [5.41, 5.74) is 3.85. The van der Waals surface area contributed by atoms with Gasteiger partial charge in [-0.2, -0.15) is 0 Å². The molecule has 3 aromatic rings. The van der Waals surface area contributed by atoms with Crippen molar-refractivity contribution in [2.45, 2.75) is 33.3 Å². The van der Waals surface area contributed by atoms with E-state index in [2.05, 4.69) is 19.9 Å². The SMILES string of the molecule is Cc1ccc(C(C)C)c(OCCN2C(=O)S/C(=C\c3ccc(OCc4ccc(Cl)cc4)c(Cl)c3)C2=O)c1. The highest BCUT2D eigenvalue weighted by Gasteiger charge is 2.34. The lowest BCUT2D eigenvalue weighted by atomic mass is 10.0. The van der Waals surface area contributed by atoms with E-state index < -0.39 is 0 Å². The third kappa shape index (κ3) is 6.89. The second-order valence-corrected chi connectivity index (χ2v) is 10.8. The zero-order chi connectivity index (χ0) is 26.5. The number of carbonyl (C=O) groups excluding carboxylic acids is 2. The Hall–Kier alpha value is -2.93. The summed E-state index contributed by atoms with van der Waals surface area (Å²) in [6, 6.07) is 18.7. The fraction of sp³-hybridized carbons (Fsp3) is 0.241. The molecule has 0 atom stereocenters. The molecule has 0 N–H and O–H groups in total.